The van der Waals surface area contributed by atoms with Crippen molar-refractivity contribution in [3.63, 3.8) is 0 Å². The molecule has 0 aliphatic rings. The fourth-order valence-electron chi connectivity index (χ4n) is 1.42. The topological polar surface area (TPSA) is 76.7 Å². The molecule has 0 aliphatic heterocycles. The molecule has 0 atom stereocenters. The SMILES string of the molecule is Cc1nccc(CNc2cc(N)c(C)cn2)n1. The number of rotatable bonds is 3. The summed E-state index contributed by atoms with van der Waals surface area (Å²) in [6.45, 7) is 4.41. The number of nitrogens with two attached hydrogens (primary N) is 1. The van der Waals surface area contributed by atoms with Crippen LogP contribution < -0.4 is 11.1 Å². The molecule has 5 heteroatoms. The molecule has 0 unspecified atom stereocenters. The number of hydrogen-bond donors (Lipinski definition) is 2. The van der Waals surface area contributed by atoms with Crippen LogP contribution in [0.2, 0.25) is 0 Å². The van der Waals surface area contributed by atoms with E-state index < -0.39 is 0 Å². The molecule has 5 nitrogen and oxygen atoms in total. The first-order valence-electron chi connectivity index (χ1n) is 5.39. The highest BCUT2D eigenvalue weighted by molar-refractivity contribution is 5.53. The van der Waals surface area contributed by atoms with E-state index in [-0.39, 0.29) is 0 Å². The molecule has 0 saturated carbocycles. The second kappa shape index (κ2) is 4.78. The maximum atomic E-state index is 5.81. The van der Waals surface area contributed by atoms with Gasteiger partial charge in [-0.25, -0.2) is 15.0 Å². The third kappa shape index (κ3) is 2.90. The van der Waals surface area contributed by atoms with E-state index in [1.807, 2.05) is 26.0 Å². The number of pyridine rings is 1. The second-order valence-electron chi connectivity index (χ2n) is 3.87. The van der Waals surface area contributed by atoms with Crippen LogP contribution >= 0.6 is 0 Å². The summed E-state index contributed by atoms with van der Waals surface area (Å²) in [6.07, 6.45) is 3.50. The molecule has 0 bridgehead atoms. The predicted molar refractivity (Wildman–Crippen MR) is 67.5 cm³/mol. The first-order valence-corrected chi connectivity index (χ1v) is 5.39. The number of aromatic nitrogens is 3. The Kier molecular flexibility index (Phi) is 3.18. The van der Waals surface area contributed by atoms with Crippen LogP contribution in [0.3, 0.4) is 0 Å². The van der Waals surface area contributed by atoms with Crippen LogP contribution in [-0.2, 0) is 6.54 Å². The van der Waals surface area contributed by atoms with Gasteiger partial charge in [-0.15, -0.1) is 0 Å². The fourth-order valence-corrected chi connectivity index (χ4v) is 1.42. The van der Waals surface area contributed by atoms with Crippen LogP contribution in [0.25, 0.3) is 0 Å². The average Bonchev–Trinajstić information content (AvgIpc) is 2.31. The van der Waals surface area contributed by atoms with Crippen molar-refractivity contribution in [2.75, 3.05) is 11.1 Å². The molecule has 2 aromatic heterocycles. The lowest BCUT2D eigenvalue weighted by Gasteiger charge is -2.07. The molecule has 3 N–H and O–H groups in total. The summed E-state index contributed by atoms with van der Waals surface area (Å²) in [5, 5.41) is 3.17. The summed E-state index contributed by atoms with van der Waals surface area (Å²) in [5.74, 6) is 1.52. The van der Waals surface area contributed by atoms with Gasteiger partial charge in [0.15, 0.2) is 0 Å². The zero-order valence-electron chi connectivity index (χ0n) is 9.94. The Hall–Kier alpha value is -2.17. The maximum Gasteiger partial charge on any atom is 0.128 e. The molecule has 0 radical (unpaired) electrons. The lowest BCUT2D eigenvalue weighted by atomic mass is 10.2. The van der Waals surface area contributed by atoms with E-state index in [1.165, 1.54) is 0 Å². The molecule has 0 amide bonds. The Bertz CT molecular complexity index is 524. The van der Waals surface area contributed by atoms with E-state index in [1.54, 1.807) is 12.4 Å². The van der Waals surface area contributed by atoms with Crippen molar-refractivity contribution >= 4 is 11.5 Å². The largest absolute Gasteiger partial charge is 0.398 e. The van der Waals surface area contributed by atoms with Crippen molar-refractivity contribution in [2.24, 2.45) is 0 Å². The van der Waals surface area contributed by atoms with Crippen molar-refractivity contribution in [1.29, 1.82) is 0 Å². The van der Waals surface area contributed by atoms with Gasteiger partial charge in [0.25, 0.3) is 0 Å². The standard InChI is InChI=1S/C12H15N5/c1-8-6-15-12(5-11(8)13)16-7-10-3-4-14-9(2)17-10/h3-6H,7H2,1-2H3,(H3,13,15,16). The van der Waals surface area contributed by atoms with Crippen LogP contribution in [0.1, 0.15) is 17.1 Å². The predicted octanol–water partition coefficient (Wildman–Crippen LogP) is 1.68. The summed E-state index contributed by atoms with van der Waals surface area (Å²) in [6, 6.07) is 3.70. The van der Waals surface area contributed by atoms with Gasteiger partial charge in [0.1, 0.15) is 11.6 Å². The first-order chi connectivity index (χ1) is 8.15. The van der Waals surface area contributed by atoms with Gasteiger partial charge >= 0.3 is 0 Å². The van der Waals surface area contributed by atoms with Gasteiger partial charge < -0.3 is 11.1 Å². The molecular formula is C12H15N5. The quantitative estimate of drug-likeness (QED) is 0.837. The van der Waals surface area contributed by atoms with E-state index in [2.05, 4.69) is 20.3 Å². The van der Waals surface area contributed by atoms with Gasteiger partial charge in [0.2, 0.25) is 0 Å². The van der Waals surface area contributed by atoms with E-state index in [0.717, 1.165) is 28.6 Å². The zero-order valence-corrected chi connectivity index (χ0v) is 9.94. The second-order valence-corrected chi connectivity index (χ2v) is 3.87. The molecular weight excluding hydrogens is 214 g/mol. The molecule has 0 aromatic carbocycles. The van der Waals surface area contributed by atoms with Gasteiger partial charge in [0, 0.05) is 24.1 Å². The minimum atomic E-state index is 0.610. The van der Waals surface area contributed by atoms with Crippen molar-refractivity contribution in [3.8, 4) is 0 Å². The molecule has 0 aliphatic carbocycles. The van der Waals surface area contributed by atoms with Crippen LogP contribution in [0, 0.1) is 13.8 Å². The lowest BCUT2D eigenvalue weighted by Crippen LogP contribution is -2.05. The minimum absolute atomic E-state index is 0.610. The number of anilines is 2. The highest BCUT2D eigenvalue weighted by Crippen LogP contribution is 2.13. The molecule has 2 aromatic rings. The normalized spacial score (nSPS) is 10.2. The Morgan fingerprint density at radius 2 is 2.12 bits per heavy atom. The van der Waals surface area contributed by atoms with Gasteiger partial charge in [-0.1, -0.05) is 0 Å². The highest BCUT2D eigenvalue weighted by atomic mass is 15.0. The number of nitrogens with one attached hydrogen (secondary N) is 1. The maximum absolute atomic E-state index is 5.81. The number of aryl methyl sites for hydroxylation is 2. The molecule has 0 fully saturated rings. The Labute approximate surface area is 100 Å². The van der Waals surface area contributed by atoms with E-state index in [0.29, 0.717) is 6.54 Å². The molecule has 2 rings (SSSR count). The Balaban J connectivity index is 2.05. The van der Waals surface area contributed by atoms with E-state index in [4.69, 9.17) is 5.73 Å². The number of hydrogen-bond acceptors (Lipinski definition) is 5. The van der Waals surface area contributed by atoms with Gasteiger partial charge in [-0.2, -0.15) is 0 Å². The van der Waals surface area contributed by atoms with Gasteiger partial charge in [0.05, 0.1) is 12.2 Å². The van der Waals surface area contributed by atoms with Crippen LogP contribution in [0.4, 0.5) is 11.5 Å². The molecule has 0 spiro atoms. The highest BCUT2D eigenvalue weighted by Gasteiger charge is 1.99. The lowest BCUT2D eigenvalue weighted by molar-refractivity contribution is 0.950. The van der Waals surface area contributed by atoms with Crippen LogP contribution in [-0.4, -0.2) is 15.0 Å². The van der Waals surface area contributed by atoms with Crippen LogP contribution in [0.5, 0.6) is 0 Å². The average molecular weight is 229 g/mol. The Morgan fingerprint density at radius 1 is 1.29 bits per heavy atom. The van der Waals surface area contributed by atoms with Gasteiger partial charge in [-0.05, 0) is 25.5 Å². The van der Waals surface area contributed by atoms with E-state index >= 15 is 0 Å². The molecule has 88 valence electrons. The van der Waals surface area contributed by atoms with Gasteiger partial charge in [-0.3, -0.25) is 0 Å². The van der Waals surface area contributed by atoms with Crippen molar-refractivity contribution in [3.05, 3.63) is 41.6 Å². The molecule has 17 heavy (non-hydrogen) atoms. The number of nitrogen functional groups attached to an aromatic ring is 1. The first kappa shape index (κ1) is 11.3. The summed E-state index contributed by atoms with van der Waals surface area (Å²) < 4.78 is 0. The summed E-state index contributed by atoms with van der Waals surface area (Å²) in [7, 11) is 0. The molecule has 0 saturated heterocycles. The monoisotopic (exact) mass is 229 g/mol. The summed E-state index contributed by atoms with van der Waals surface area (Å²) in [4.78, 5) is 12.6. The van der Waals surface area contributed by atoms with Crippen LogP contribution in [0.15, 0.2) is 24.5 Å². The minimum Gasteiger partial charge on any atom is -0.398 e. The smallest absolute Gasteiger partial charge is 0.128 e. The summed E-state index contributed by atoms with van der Waals surface area (Å²) >= 11 is 0. The summed E-state index contributed by atoms with van der Waals surface area (Å²) in [5.41, 5.74) is 8.45. The van der Waals surface area contributed by atoms with E-state index in [9.17, 15) is 0 Å². The third-order valence-electron chi connectivity index (χ3n) is 2.43. The van der Waals surface area contributed by atoms with Crippen molar-refractivity contribution in [1.82, 2.24) is 15.0 Å². The third-order valence-corrected chi connectivity index (χ3v) is 2.43. The molecule has 2 heterocycles. The zero-order chi connectivity index (χ0) is 12.3. The van der Waals surface area contributed by atoms with Crippen molar-refractivity contribution < 1.29 is 0 Å². The fraction of sp³-hybridized carbons (Fsp3) is 0.250. The van der Waals surface area contributed by atoms with Crippen molar-refractivity contribution in [2.45, 2.75) is 20.4 Å². The number of nitrogens with zero attached hydrogens (tertiary/aromatic N) is 3. The Morgan fingerprint density at radius 3 is 2.82 bits per heavy atom.